The Labute approximate surface area is 124 Å². The van der Waals surface area contributed by atoms with E-state index in [0.717, 1.165) is 36.5 Å². The number of methoxy groups -OCH3 is 2. The molecule has 0 radical (unpaired) electrons. The second kappa shape index (κ2) is 5.73. The molecule has 1 aromatic carbocycles. The van der Waals surface area contributed by atoms with Crippen LogP contribution in [0.3, 0.4) is 0 Å². The van der Waals surface area contributed by atoms with Crippen molar-refractivity contribution >= 4 is 16.9 Å². The van der Waals surface area contributed by atoms with Gasteiger partial charge in [0.25, 0.3) is 0 Å². The van der Waals surface area contributed by atoms with Gasteiger partial charge in [-0.15, -0.1) is 0 Å². The van der Waals surface area contributed by atoms with Gasteiger partial charge in [-0.3, -0.25) is 0 Å². The highest BCUT2D eigenvalue weighted by atomic mass is 16.5. The topological polar surface area (TPSA) is 59.5 Å². The summed E-state index contributed by atoms with van der Waals surface area (Å²) < 4.78 is 10.6. The number of nitrogens with one attached hydrogen (secondary N) is 1. The first kappa shape index (κ1) is 13.9. The molecular weight excluding hydrogens is 268 g/mol. The van der Waals surface area contributed by atoms with E-state index in [1.807, 2.05) is 18.3 Å². The number of anilines is 1. The van der Waals surface area contributed by atoms with E-state index in [2.05, 4.69) is 27.1 Å². The molecule has 21 heavy (non-hydrogen) atoms. The summed E-state index contributed by atoms with van der Waals surface area (Å²) in [5.74, 6) is 2.14. The molecule has 1 N–H and O–H groups in total. The third-order valence-corrected chi connectivity index (χ3v) is 3.72. The zero-order chi connectivity index (χ0) is 14.8. The largest absolute Gasteiger partial charge is 0.493 e. The molecule has 1 atom stereocenters. The molecule has 0 amide bonds. The lowest BCUT2D eigenvalue weighted by atomic mass is 10.2. The Kier molecular flexibility index (Phi) is 3.79. The minimum absolute atomic E-state index is 0.448. The molecule has 0 aliphatic carbocycles. The SMILES string of the molecule is COc1cc2cnc(N3CCNC(C)C3)nc2cc1OC. The molecule has 0 bridgehead atoms. The maximum Gasteiger partial charge on any atom is 0.225 e. The van der Waals surface area contributed by atoms with Crippen LogP contribution in [0.15, 0.2) is 18.3 Å². The smallest absolute Gasteiger partial charge is 0.225 e. The molecule has 1 fully saturated rings. The number of piperazine rings is 1. The Bertz CT molecular complexity index is 647. The Hall–Kier alpha value is -2.08. The van der Waals surface area contributed by atoms with E-state index in [9.17, 15) is 0 Å². The van der Waals surface area contributed by atoms with Crippen LogP contribution in [0, 0.1) is 0 Å². The van der Waals surface area contributed by atoms with Crippen LogP contribution in [-0.2, 0) is 0 Å². The van der Waals surface area contributed by atoms with Crippen molar-refractivity contribution in [3.8, 4) is 11.5 Å². The van der Waals surface area contributed by atoms with E-state index in [1.165, 1.54) is 0 Å². The highest BCUT2D eigenvalue weighted by Gasteiger charge is 2.18. The number of ether oxygens (including phenoxy) is 2. The van der Waals surface area contributed by atoms with Crippen LogP contribution in [0.1, 0.15) is 6.92 Å². The molecule has 0 spiro atoms. The van der Waals surface area contributed by atoms with E-state index < -0.39 is 0 Å². The quantitative estimate of drug-likeness (QED) is 0.922. The van der Waals surface area contributed by atoms with Crippen molar-refractivity contribution in [3.05, 3.63) is 18.3 Å². The number of benzene rings is 1. The highest BCUT2D eigenvalue weighted by molar-refractivity contribution is 5.82. The first-order chi connectivity index (χ1) is 10.2. The van der Waals surface area contributed by atoms with Gasteiger partial charge >= 0.3 is 0 Å². The van der Waals surface area contributed by atoms with Gasteiger partial charge in [-0.25, -0.2) is 9.97 Å². The van der Waals surface area contributed by atoms with Gasteiger partial charge in [-0.1, -0.05) is 0 Å². The summed E-state index contributed by atoms with van der Waals surface area (Å²) in [5, 5.41) is 4.36. The van der Waals surface area contributed by atoms with Crippen molar-refractivity contribution in [1.82, 2.24) is 15.3 Å². The molecular formula is C15H20N4O2. The lowest BCUT2D eigenvalue weighted by molar-refractivity contribution is 0.356. The first-order valence-corrected chi connectivity index (χ1v) is 7.08. The maximum absolute atomic E-state index is 5.34. The van der Waals surface area contributed by atoms with Gasteiger partial charge in [0.1, 0.15) is 0 Å². The molecule has 0 saturated carbocycles. The van der Waals surface area contributed by atoms with Crippen molar-refractivity contribution in [2.45, 2.75) is 13.0 Å². The van der Waals surface area contributed by atoms with Crippen LogP contribution in [-0.4, -0.2) is 49.9 Å². The predicted molar refractivity (Wildman–Crippen MR) is 82.3 cm³/mol. The molecule has 2 heterocycles. The average molecular weight is 288 g/mol. The Balaban J connectivity index is 1.99. The summed E-state index contributed by atoms with van der Waals surface area (Å²) >= 11 is 0. The second-order valence-corrected chi connectivity index (χ2v) is 5.24. The van der Waals surface area contributed by atoms with Crippen LogP contribution in [0.4, 0.5) is 5.95 Å². The summed E-state index contributed by atoms with van der Waals surface area (Å²) in [6, 6.07) is 4.24. The summed E-state index contributed by atoms with van der Waals surface area (Å²) in [6.45, 7) is 4.96. The van der Waals surface area contributed by atoms with E-state index in [1.54, 1.807) is 14.2 Å². The number of hydrogen-bond donors (Lipinski definition) is 1. The van der Waals surface area contributed by atoms with Crippen LogP contribution < -0.4 is 19.7 Å². The fourth-order valence-corrected chi connectivity index (χ4v) is 2.61. The van der Waals surface area contributed by atoms with Gasteiger partial charge in [-0.05, 0) is 13.0 Å². The maximum atomic E-state index is 5.34. The lowest BCUT2D eigenvalue weighted by Gasteiger charge is -2.31. The molecule has 1 aliphatic heterocycles. The van der Waals surface area contributed by atoms with Gasteiger partial charge in [-0.2, -0.15) is 0 Å². The van der Waals surface area contributed by atoms with Gasteiger partial charge < -0.3 is 19.7 Å². The second-order valence-electron chi connectivity index (χ2n) is 5.24. The predicted octanol–water partition coefficient (Wildman–Crippen LogP) is 1.45. The van der Waals surface area contributed by atoms with Gasteiger partial charge in [0.2, 0.25) is 5.95 Å². The first-order valence-electron chi connectivity index (χ1n) is 7.08. The molecule has 1 aliphatic rings. The number of hydrogen-bond acceptors (Lipinski definition) is 6. The van der Waals surface area contributed by atoms with Crippen LogP contribution >= 0.6 is 0 Å². The van der Waals surface area contributed by atoms with Crippen molar-refractivity contribution in [1.29, 1.82) is 0 Å². The minimum atomic E-state index is 0.448. The number of aromatic nitrogens is 2. The average Bonchev–Trinajstić information content (AvgIpc) is 2.53. The van der Waals surface area contributed by atoms with Crippen LogP contribution in [0.5, 0.6) is 11.5 Å². The van der Waals surface area contributed by atoms with Gasteiger partial charge in [0.15, 0.2) is 11.5 Å². The molecule has 6 heteroatoms. The molecule has 1 aromatic heterocycles. The third-order valence-electron chi connectivity index (χ3n) is 3.72. The van der Waals surface area contributed by atoms with Crippen LogP contribution in [0.2, 0.25) is 0 Å². The molecule has 1 unspecified atom stereocenters. The van der Waals surface area contributed by atoms with E-state index in [-0.39, 0.29) is 0 Å². The Morgan fingerprint density at radius 1 is 1.24 bits per heavy atom. The normalized spacial score (nSPS) is 18.8. The molecule has 112 valence electrons. The van der Waals surface area contributed by atoms with Gasteiger partial charge in [0, 0.05) is 43.3 Å². The standard InChI is InChI=1S/C15H20N4O2/c1-10-9-19(5-4-16-10)15-17-8-11-6-13(20-2)14(21-3)7-12(11)18-15/h6-8,10,16H,4-5,9H2,1-3H3. The fourth-order valence-electron chi connectivity index (χ4n) is 2.61. The zero-order valence-electron chi connectivity index (χ0n) is 12.6. The molecule has 1 saturated heterocycles. The van der Waals surface area contributed by atoms with Crippen molar-refractivity contribution < 1.29 is 9.47 Å². The number of fused-ring (bicyclic) bond motifs is 1. The van der Waals surface area contributed by atoms with Gasteiger partial charge in [0.05, 0.1) is 19.7 Å². The fraction of sp³-hybridized carbons (Fsp3) is 0.467. The van der Waals surface area contributed by atoms with Crippen molar-refractivity contribution in [3.63, 3.8) is 0 Å². The Morgan fingerprint density at radius 2 is 2.00 bits per heavy atom. The summed E-state index contributed by atoms with van der Waals surface area (Å²) in [5.41, 5.74) is 0.865. The third kappa shape index (κ3) is 2.71. The molecule has 2 aromatic rings. The summed E-state index contributed by atoms with van der Waals surface area (Å²) in [6.07, 6.45) is 1.84. The summed E-state index contributed by atoms with van der Waals surface area (Å²) in [7, 11) is 3.25. The highest BCUT2D eigenvalue weighted by Crippen LogP contribution is 2.31. The van der Waals surface area contributed by atoms with E-state index >= 15 is 0 Å². The van der Waals surface area contributed by atoms with E-state index in [0.29, 0.717) is 17.5 Å². The van der Waals surface area contributed by atoms with Crippen molar-refractivity contribution in [2.75, 3.05) is 38.8 Å². The zero-order valence-corrected chi connectivity index (χ0v) is 12.6. The number of rotatable bonds is 3. The monoisotopic (exact) mass is 288 g/mol. The minimum Gasteiger partial charge on any atom is -0.493 e. The lowest BCUT2D eigenvalue weighted by Crippen LogP contribution is -2.49. The number of nitrogens with zero attached hydrogens (tertiary/aromatic N) is 3. The van der Waals surface area contributed by atoms with Crippen molar-refractivity contribution in [2.24, 2.45) is 0 Å². The Morgan fingerprint density at radius 3 is 2.71 bits per heavy atom. The molecule has 6 nitrogen and oxygen atoms in total. The summed E-state index contributed by atoms with van der Waals surface area (Å²) in [4.78, 5) is 11.4. The van der Waals surface area contributed by atoms with E-state index in [4.69, 9.17) is 9.47 Å². The van der Waals surface area contributed by atoms with Crippen LogP contribution in [0.25, 0.3) is 10.9 Å². The molecule has 3 rings (SSSR count).